The highest BCUT2D eigenvalue weighted by Crippen LogP contribution is 2.61. The fourth-order valence-corrected chi connectivity index (χ4v) is 5.94. The smallest absolute Gasteiger partial charge is 0.394 e. The van der Waals surface area contributed by atoms with Gasteiger partial charge in [-0.05, 0) is 0 Å². The lowest BCUT2D eigenvalue weighted by atomic mass is 10.00. The van der Waals surface area contributed by atoms with Crippen molar-refractivity contribution in [1.82, 2.24) is 19.5 Å². The third-order valence-corrected chi connectivity index (χ3v) is 8.29. The van der Waals surface area contributed by atoms with Crippen molar-refractivity contribution in [3.05, 3.63) is 12.7 Å². The molecule has 11 atom stereocenters. The van der Waals surface area contributed by atoms with Gasteiger partial charge >= 0.3 is 15.6 Å². The lowest BCUT2D eigenvalue weighted by Gasteiger charge is -2.39. The number of rotatable bonds is 9. The summed E-state index contributed by atoms with van der Waals surface area (Å²) in [6.07, 6.45) is -13.3. The van der Waals surface area contributed by atoms with Crippen LogP contribution in [0.3, 0.4) is 0 Å². The molecular weight excluding hydrogens is 564 g/mol. The first-order valence-electron chi connectivity index (χ1n) is 10.7. The SMILES string of the molecule is Nc1ncnc2c1ncn2[C@@H]1O[C@H](COP(=O)(O)OP(=O)(O)O[C@@H]2O[C@H](CO)[C@@H](O)[C@H](O)[C@H]2O)[C@@H](O)[C@H]1O. The van der Waals surface area contributed by atoms with Gasteiger partial charge in [-0.2, -0.15) is 4.31 Å². The number of anilines is 1. The van der Waals surface area contributed by atoms with Crippen molar-refractivity contribution >= 4 is 32.6 Å². The Morgan fingerprint density at radius 3 is 2.29 bits per heavy atom. The Kier molecular flexibility index (Phi) is 8.51. The minimum atomic E-state index is -5.56. The number of aromatic nitrogens is 4. The molecule has 4 rings (SSSR count). The number of nitrogen functional groups attached to an aromatic ring is 1. The number of aliphatic hydroxyl groups is 6. The Balaban J connectivity index is 1.38. The minimum absolute atomic E-state index is 0.0411. The molecule has 2 saturated heterocycles. The second-order valence-electron chi connectivity index (χ2n) is 8.25. The quantitative estimate of drug-likeness (QED) is 0.126. The van der Waals surface area contributed by atoms with E-state index < -0.39 is 84.1 Å². The van der Waals surface area contributed by atoms with E-state index in [-0.39, 0.29) is 17.0 Å². The molecule has 0 aliphatic carbocycles. The van der Waals surface area contributed by atoms with E-state index in [1.807, 2.05) is 0 Å². The number of phosphoric ester groups is 2. The molecule has 20 nitrogen and oxygen atoms in total. The molecule has 2 fully saturated rings. The number of aliphatic hydroxyl groups excluding tert-OH is 6. The molecule has 4 heterocycles. The Morgan fingerprint density at radius 2 is 1.61 bits per heavy atom. The fourth-order valence-electron chi connectivity index (χ4n) is 3.78. The molecule has 0 saturated carbocycles. The van der Waals surface area contributed by atoms with Gasteiger partial charge in [0.15, 0.2) is 24.0 Å². The number of phosphoric acid groups is 2. The standard InChI is InChI=1S/C16H25N5O15P2/c17-13-7-14(19-3-18-13)21(4-20-7)15-11(26)9(24)6(33-15)2-32-37(28,29)36-38(30,31)35-16-12(27)10(25)8(23)5(1-22)34-16/h3-6,8-12,15-16,22-27H,1-2H2,(H,28,29)(H,30,31)(H2,17,18,19)/t5-,6-,8-,9-,10+,11-,12-,15-,16+/m1/s1. The molecule has 214 valence electrons. The second-order valence-corrected chi connectivity index (χ2v) is 11.2. The number of hydrogen-bond donors (Lipinski definition) is 9. The van der Waals surface area contributed by atoms with E-state index in [1.54, 1.807) is 0 Å². The van der Waals surface area contributed by atoms with Crippen molar-refractivity contribution in [3.8, 4) is 0 Å². The van der Waals surface area contributed by atoms with E-state index in [0.29, 0.717) is 0 Å². The van der Waals surface area contributed by atoms with E-state index in [9.17, 15) is 44.4 Å². The van der Waals surface area contributed by atoms with E-state index in [4.69, 9.17) is 20.3 Å². The third kappa shape index (κ3) is 5.89. The maximum absolute atomic E-state index is 12.3. The van der Waals surface area contributed by atoms with Crippen molar-refractivity contribution in [1.29, 1.82) is 0 Å². The number of ether oxygens (including phenoxy) is 2. The third-order valence-electron chi connectivity index (χ3n) is 5.69. The molecule has 2 unspecified atom stereocenters. The van der Waals surface area contributed by atoms with E-state index in [2.05, 4.69) is 28.3 Å². The maximum atomic E-state index is 12.3. The van der Waals surface area contributed by atoms with Crippen LogP contribution >= 0.6 is 15.6 Å². The summed E-state index contributed by atoms with van der Waals surface area (Å²) >= 11 is 0. The van der Waals surface area contributed by atoms with Crippen LogP contribution in [0.2, 0.25) is 0 Å². The molecule has 2 aromatic heterocycles. The van der Waals surface area contributed by atoms with Gasteiger partial charge in [0.25, 0.3) is 0 Å². The number of imidazole rings is 1. The molecule has 0 radical (unpaired) electrons. The van der Waals surface area contributed by atoms with Crippen LogP contribution in [0.1, 0.15) is 6.23 Å². The van der Waals surface area contributed by atoms with Crippen molar-refractivity contribution < 1.29 is 72.4 Å². The monoisotopic (exact) mass is 589 g/mol. The van der Waals surface area contributed by atoms with Crippen LogP contribution in [0, 0.1) is 0 Å². The van der Waals surface area contributed by atoms with Gasteiger partial charge in [0.2, 0.25) is 0 Å². The van der Waals surface area contributed by atoms with Gasteiger partial charge in [0, 0.05) is 0 Å². The molecule has 22 heteroatoms. The fraction of sp³-hybridized carbons (Fsp3) is 0.688. The van der Waals surface area contributed by atoms with E-state index in [1.165, 1.54) is 10.9 Å². The Labute approximate surface area is 212 Å². The van der Waals surface area contributed by atoms with Crippen LogP contribution in [0.15, 0.2) is 12.7 Å². The molecule has 2 aliphatic rings. The zero-order valence-electron chi connectivity index (χ0n) is 19.0. The van der Waals surface area contributed by atoms with Gasteiger partial charge in [0.1, 0.15) is 54.6 Å². The van der Waals surface area contributed by atoms with Crippen LogP contribution in [-0.2, 0) is 32.0 Å². The summed E-state index contributed by atoms with van der Waals surface area (Å²) in [4.78, 5) is 31.5. The molecule has 10 N–H and O–H groups in total. The van der Waals surface area contributed by atoms with Crippen LogP contribution in [0.5, 0.6) is 0 Å². The zero-order chi connectivity index (χ0) is 28.0. The Hall–Kier alpha value is -1.71. The first-order chi connectivity index (χ1) is 17.7. The normalized spacial score (nSPS) is 37.2. The molecule has 2 aromatic rings. The lowest BCUT2D eigenvalue weighted by Crippen LogP contribution is -2.58. The molecule has 2 aliphatic heterocycles. The topological polar surface area (TPSA) is 312 Å². The number of nitrogens with two attached hydrogens (primary N) is 1. The first-order valence-corrected chi connectivity index (χ1v) is 13.7. The zero-order valence-corrected chi connectivity index (χ0v) is 20.7. The number of nitrogens with zero attached hydrogens (tertiary/aromatic N) is 4. The molecular formula is C16H25N5O15P2. The van der Waals surface area contributed by atoms with Crippen molar-refractivity contribution in [3.63, 3.8) is 0 Å². The molecule has 0 spiro atoms. The molecule has 38 heavy (non-hydrogen) atoms. The van der Waals surface area contributed by atoms with Crippen LogP contribution in [0.4, 0.5) is 5.82 Å². The lowest BCUT2D eigenvalue weighted by molar-refractivity contribution is -0.280. The van der Waals surface area contributed by atoms with E-state index in [0.717, 1.165) is 6.33 Å². The predicted molar refractivity (Wildman–Crippen MR) is 117 cm³/mol. The number of hydrogen-bond acceptors (Lipinski definition) is 17. The van der Waals surface area contributed by atoms with Gasteiger partial charge in [-0.25, -0.2) is 24.1 Å². The first kappa shape index (κ1) is 29.3. The minimum Gasteiger partial charge on any atom is -0.394 e. The molecule has 0 amide bonds. The molecule has 0 aromatic carbocycles. The predicted octanol–water partition coefficient (Wildman–Crippen LogP) is -3.92. The summed E-state index contributed by atoms with van der Waals surface area (Å²) in [5, 5.41) is 59.2. The summed E-state index contributed by atoms with van der Waals surface area (Å²) in [5.41, 5.74) is 6.05. The van der Waals surface area contributed by atoms with E-state index >= 15 is 0 Å². The van der Waals surface area contributed by atoms with Gasteiger partial charge in [-0.3, -0.25) is 13.6 Å². The average molecular weight is 589 g/mol. The van der Waals surface area contributed by atoms with Crippen molar-refractivity contribution in [2.45, 2.75) is 55.2 Å². The largest absolute Gasteiger partial charge is 0.483 e. The maximum Gasteiger partial charge on any atom is 0.483 e. The highest BCUT2D eigenvalue weighted by molar-refractivity contribution is 7.61. The second kappa shape index (κ2) is 11.0. The summed E-state index contributed by atoms with van der Waals surface area (Å²) in [6, 6.07) is 0. The van der Waals surface area contributed by atoms with Gasteiger partial charge < -0.3 is 55.6 Å². The summed E-state index contributed by atoms with van der Waals surface area (Å²) in [5.74, 6) is 0.0411. The van der Waals surface area contributed by atoms with Gasteiger partial charge in [0.05, 0.1) is 19.5 Å². The highest BCUT2D eigenvalue weighted by Gasteiger charge is 2.49. The summed E-state index contributed by atoms with van der Waals surface area (Å²) < 4.78 is 49.3. The van der Waals surface area contributed by atoms with Crippen LogP contribution < -0.4 is 5.73 Å². The van der Waals surface area contributed by atoms with Crippen molar-refractivity contribution in [2.75, 3.05) is 18.9 Å². The van der Waals surface area contributed by atoms with Crippen LogP contribution in [0.25, 0.3) is 11.2 Å². The van der Waals surface area contributed by atoms with Crippen LogP contribution in [-0.4, -0.2) is 122 Å². The summed E-state index contributed by atoms with van der Waals surface area (Å²) in [7, 11) is -11.0. The highest BCUT2D eigenvalue weighted by atomic mass is 31.3. The van der Waals surface area contributed by atoms with Gasteiger partial charge in [-0.15, -0.1) is 0 Å². The Morgan fingerprint density at radius 1 is 0.921 bits per heavy atom. The Bertz CT molecular complexity index is 1230. The number of fused-ring (bicyclic) bond motifs is 1. The molecule has 0 bridgehead atoms. The average Bonchev–Trinajstić information content (AvgIpc) is 3.39. The van der Waals surface area contributed by atoms with Crippen molar-refractivity contribution in [2.24, 2.45) is 0 Å². The van der Waals surface area contributed by atoms with Gasteiger partial charge in [-0.1, -0.05) is 0 Å². The summed E-state index contributed by atoms with van der Waals surface area (Å²) in [6.45, 7) is -1.82.